The summed E-state index contributed by atoms with van der Waals surface area (Å²) in [4.78, 5) is 4.63. The molecule has 4 aromatic carbocycles. The Hall–Kier alpha value is -3.89. The number of pyridine rings is 1. The second kappa shape index (κ2) is 8.47. The Bertz CT molecular complexity index is 1970. The Morgan fingerprint density at radius 1 is 0.853 bits per heavy atom. The van der Waals surface area contributed by atoms with E-state index in [0.717, 1.165) is 4.47 Å². The second-order valence-corrected chi connectivity index (χ2v) is 8.67. The average Bonchev–Trinajstić information content (AvgIpc) is 3.29. The number of aromatic nitrogens is 2. The molecule has 0 unspecified atom stereocenters. The van der Waals surface area contributed by atoms with Crippen LogP contribution in [0.4, 0.5) is 0 Å². The predicted octanol–water partition coefficient (Wildman–Crippen LogP) is 8.71. The highest BCUT2D eigenvalue weighted by Crippen LogP contribution is 2.36. The van der Waals surface area contributed by atoms with E-state index in [2.05, 4.69) is 20.9 Å². The lowest BCUT2D eigenvalue weighted by Crippen LogP contribution is -1.99. The predicted molar refractivity (Wildman–Crippen MR) is 143 cm³/mol. The van der Waals surface area contributed by atoms with E-state index in [-0.39, 0.29) is 35.0 Å². The van der Waals surface area contributed by atoms with Crippen LogP contribution in [0.5, 0.6) is 11.5 Å². The summed E-state index contributed by atoms with van der Waals surface area (Å²) in [5.74, 6) is 1.26. The molecular weight excluding hydrogens is 484 g/mol. The number of benzene rings is 4. The van der Waals surface area contributed by atoms with Gasteiger partial charge in [0.25, 0.3) is 0 Å². The molecule has 4 heteroatoms. The number of fused-ring (bicyclic) bond motifs is 3. The molecule has 0 atom stereocenters. The van der Waals surface area contributed by atoms with E-state index in [9.17, 15) is 0 Å². The van der Waals surface area contributed by atoms with Crippen LogP contribution in [0.15, 0.2) is 114 Å². The van der Waals surface area contributed by atoms with Crippen LogP contribution < -0.4 is 4.74 Å². The standard InChI is InChI=1S/C30H21BrN2O/c1-20-16-30(32-19-27(20)21-8-3-2-4-9-21)33-28-13-6-5-12-25(28)26-15-14-24(18-29(26)33)34-23-11-7-10-22(31)17-23/h2-19H,1H3/i1D3,5D,6D,12D,13D. The van der Waals surface area contributed by atoms with Crippen molar-refractivity contribution in [2.24, 2.45) is 0 Å². The molecule has 0 aliphatic rings. The number of para-hydroxylation sites is 1. The van der Waals surface area contributed by atoms with Gasteiger partial charge in [0, 0.05) is 37.2 Å². The number of ether oxygens (including phenoxy) is 1. The van der Waals surface area contributed by atoms with Crippen molar-refractivity contribution in [1.29, 1.82) is 0 Å². The highest BCUT2D eigenvalue weighted by Gasteiger charge is 2.15. The van der Waals surface area contributed by atoms with Crippen LogP contribution in [0.1, 0.15) is 15.2 Å². The van der Waals surface area contributed by atoms with Crippen molar-refractivity contribution in [3.8, 4) is 28.4 Å². The minimum atomic E-state index is -2.48. The van der Waals surface area contributed by atoms with Crippen molar-refractivity contribution in [2.75, 3.05) is 0 Å². The SMILES string of the molecule is [2H]c1c([2H])c([2H])c2c(c1[2H])c1ccc(Oc3cccc(Br)c3)cc1n2-c1cc(C([2H])([2H])[2H])c(-c2ccccc2)cn1. The van der Waals surface area contributed by atoms with Crippen molar-refractivity contribution in [2.45, 2.75) is 6.85 Å². The van der Waals surface area contributed by atoms with Gasteiger partial charge in [-0.25, -0.2) is 4.98 Å². The first kappa shape index (κ1) is 14.4. The molecule has 0 aliphatic heterocycles. The van der Waals surface area contributed by atoms with E-state index in [4.69, 9.17) is 14.3 Å². The van der Waals surface area contributed by atoms with Crippen molar-refractivity contribution in [3.63, 3.8) is 0 Å². The summed E-state index contributed by atoms with van der Waals surface area (Å²) in [7, 11) is 0. The zero-order valence-corrected chi connectivity index (χ0v) is 19.3. The van der Waals surface area contributed by atoms with E-state index in [1.54, 1.807) is 28.8 Å². The zero-order chi connectivity index (χ0) is 29.1. The number of nitrogens with zero attached hydrogens (tertiary/aromatic N) is 2. The van der Waals surface area contributed by atoms with E-state index >= 15 is 0 Å². The van der Waals surface area contributed by atoms with Crippen LogP contribution in [0.3, 0.4) is 0 Å². The molecule has 0 radical (unpaired) electrons. The van der Waals surface area contributed by atoms with E-state index in [1.165, 1.54) is 12.3 Å². The molecule has 2 heterocycles. The first-order chi connectivity index (χ1) is 19.5. The fourth-order valence-electron chi connectivity index (χ4n) is 4.08. The fraction of sp³-hybridized carbons (Fsp3) is 0.0333. The van der Waals surface area contributed by atoms with Crippen molar-refractivity contribution in [3.05, 3.63) is 119 Å². The van der Waals surface area contributed by atoms with Crippen LogP contribution in [0, 0.1) is 6.85 Å². The first-order valence-electron chi connectivity index (χ1n) is 14.1. The second-order valence-electron chi connectivity index (χ2n) is 7.75. The van der Waals surface area contributed by atoms with Gasteiger partial charge >= 0.3 is 0 Å². The summed E-state index contributed by atoms with van der Waals surface area (Å²) >= 11 is 3.44. The third-order valence-electron chi connectivity index (χ3n) is 5.61. The topological polar surface area (TPSA) is 27.1 Å². The number of rotatable bonds is 4. The van der Waals surface area contributed by atoms with Gasteiger partial charge in [0.2, 0.25) is 0 Å². The third-order valence-corrected chi connectivity index (χ3v) is 6.10. The van der Waals surface area contributed by atoms with Gasteiger partial charge in [-0.3, -0.25) is 4.57 Å². The maximum absolute atomic E-state index is 8.77. The molecule has 0 bridgehead atoms. The molecule has 0 aliphatic carbocycles. The lowest BCUT2D eigenvalue weighted by atomic mass is 10.0. The zero-order valence-electron chi connectivity index (χ0n) is 24.8. The first-order valence-corrected chi connectivity index (χ1v) is 11.4. The molecule has 0 fully saturated rings. The van der Waals surface area contributed by atoms with Crippen LogP contribution in [-0.2, 0) is 0 Å². The monoisotopic (exact) mass is 511 g/mol. The van der Waals surface area contributed by atoms with Crippen LogP contribution in [0.2, 0.25) is 0 Å². The quantitative estimate of drug-likeness (QED) is 0.236. The molecule has 0 amide bonds. The Balaban J connectivity index is 1.67. The highest BCUT2D eigenvalue weighted by atomic mass is 79.9. The minimum Gasteiger partial charge on any atom is -0.457 e. The molecule has 164 valence electrons. The Morgan fingerprint density at radius 3 is 2.56 bits per heavy atom. The summed E-state index contributed by atoms with van der Waals surface area (Å²) < 4.78 is 67.4. The molecule has 0 spiro atoms. The van der Waals surface area contributed by atoms with Gasteiger partial charge in [0.15, 0.2) is 0 Å². The van der Waals surface area contributed by atoms with Crippen molar-refractivity contribution < 1.29 is 14.3 Å². The maximum Gasteiger partial charge on any atom is 0.137 e. The van der Waals surface area contributed by atoms with E-state index in [0.29, 0.717) is 38.9 Å². The molecular formula is C30H21BrN2O. The summed E-state index contributed by atoms with van der Waals surface area (Å²) in [6, 6.07) is 21.9. The van der Waals surface area contributed by atoms with Gasteiger partial charge in [-0.15, -0.1) is 0 Å². The van der Waals surface area contributed by atoms with Crippen LogP contribution in [0.25, 0.3) is 38.8 Å². The van der Waals surface area contributed by atoms with Crippen molar-refractivity contribution >= 4 is 37.7 Å². The lowest BCUT2D eigenvalue weighted by Gasteiger charge is -2.12. The highest BCUT2D eigenvalue weighted by molar-refractivity contribution is 9.10. The molecule has 34 heavy (non-hydrogen) atoms. The maximum atomic E-state index is 8.77. The molecule has 2 aromatic heterocycles. The molecule has 0 saturated carbocycles. The van der Waals surface area contributed by atoms with Gasteiger partial charge in [-0.1, -0.05) is 70.5 Å². The van der Waals surface area contributed by atoms with E-state index < -0.39 is 12.9 Å². The van der Waals surface area contributed by atoms with Gasteiger partial charge in [-0.2, -0.15) is 0 Å². The molecule has 0 saturated heterocycles. The number of halogens is 1. The summed E-state index contributed by atoms with van der Waals surface area (Å²) in [5.41, 5.74) is 1.92. The van der Waals surface area contributed by atoms with E-state index in [1.807, 2.05) is 48.5 Å². The van der Waals surface area contributed by atoms with Crippen LogP contribution >= 0.6 is 15.9 Å². The minimum absolute atomic E-state index is 0.0751. The van der Waals surface area contributed by atoms with Gasteiger partial charge in [0.05, 0.1) is 16.5 Å². The number of aryl methyl sites for hydroxylation is 1. The molecule has 6 aromatic rings. The molecule has 0 N–H and O–H groups in total. The largest absolute Gasteiger partial charge is 0.457 e. The smallest absolute Gasteiger partial charge is 0.137 e. The van der Waals surface area contributed by atoms with Gasteiger partial charge in [0.1, 0.15) is 17.3 Å². The number of hydrogen-bond acceptors (Lipinski definition) is 2. The Kier molecular flexibility index (Phi) is 3.58. The molecule has 6 rings (SSSR count). The lowest BCUT2D eigenvalue weighted by molar-refractivity contribution is 0.483. The fourth-order valence-corrected chi connectivity index (χ4v) is 4.46. The van der Waals surface area contributed by atoms with Gasteiger partial charge in [-0.05, 0) is 60.4 Å². The summed E-state index contributed by atoms with van der Waals surface area (Å²) in [6.45, 7) is -2.48. The van der Waals surface area contributed by atoms with Gasteiger partial charge < -0.3 is 4.74 Å². The normalized spacial score (nSPS) is 14.6. The summed E-state index contributed by atoms with van der Waals surface area (Å²) in [6.07, 6.45) is 1.50. The molecule has 3 nitrogen and oxygen atoms in total. The number of hydrogen-bond donors (Lipinski definition) is 0. The average molecular weight is 512 g/mol. The van der Waals surface area contributed by atoms with Crippen molar-refractivity contribution in [1.82, 2.24) is 9.55 Å². The third kappa shape index (κ3) is 3.66. The summed E-state index contributed by atoms with van der Waals surface area (Å²) in [5, 5.41) is 0.863. The Morgan fingerprint density at radius 2 is 1.71 bits per heavy atom. The van der Waals surface area contributed by atoms with Crippen LogP contribution in [-0.4, -0.2) is 9.55 Å². The Labute approximate surface area is 216 Å².